The van der Waals surface area contributed by atoms with E-state index in [9.17, 15) is 9.59 Å². The zero-order valence-electron chi connectivity index (χ0n) is 23.7. The number of hydrazine groups is 1. The van der Waals surface area contributed by atoms with Crippen molar-refractivity contribution in [2.75, 3.05) is 31.0 Å². The fraction of sp³-hybridized carbons (Fsp3) is 0.281. The highest BCUT2D eigenvalue weighted by molar-refractivity contribution is 7.19. The van der Waals surface area contributed by atoms with Crippen LogP contribution in [0.2, 0.25) is 0 Å². The van der Waals surface area contributed by atoms with Crippen molar-refractivity contribution in [2.45, 2.75) is 37.6 Å². The van der Waals surface area contributed by atoms with E-state index in [4.69, 9.17) is 4.74 Å². The number of ether oxygens (including phenoxy) is 1. The number of nitrogens with one attached hydrogen (secondary N) is 2. The second-order valence-corrected chi connectivity index (χ2v) is 12.0. The molecule has 3 heterocycles. The van der Waals surface area contributed by atoms with Crippen LogP contribution < -0.4 is 20.4 Å². The maximum Gasteiger partial charge on any atom is 0.260 e. The lowest BCUT2D eigenvalue weighted by Crippen LogP contribution is -2.37. The van der Waals surface area contributed by atoms with Gasteiger partial charge in [0.05, 0.1) is 15.9 Å². The second-order valence-electron chi connectivity index (χ2n) is 10.9. The SMILES string of the molecule is CC(=C(C=O)C(=O)Nc1ccc(Oc2ccnc3cc(C4CNC5(CC5)C4)sc23)c(F)c1)N(C)N(C)c1ccccc1. The summed E-state index contributed by atoms with van der Waals surface area (Å²) in [6.45, 7) is 2.64. The Morgan fingerprint density at radius 3 is 2.62 bits per heavy atom. The van der Waals surface area contributed by atoms with Crippen LogP contribution in [0.25, 0.3) is 10.2 Å². The summed E-state index contributed by atoms with van der Waals surface area (Å²) in [4.78, 5) is 30.7. The van der Waals surface area contributed by atoms with E-state index in [-0.39, 0.29) is 17.0 Å². The molecule has 4 aromatic rings. The minimum absolute atomic E-state index is 0.0291. The van der Waals surface area contributed by atoms with Crippen LogP contribution in [0.3, 0.4) is 0 Å². The first-order chi connectivity index (χ1) is 20.3. The zero-order chi connectivity index (χ0) is 29.4. The molecule has 2 N–H and O–H groups in total. The van der Waals surface area contributed by atoms with Crippen LogP contribution in [-0.4, -0.2) is 48.4 Å². The van der Waals surface area contributed by atoms with Crippen molar-refractivity contribution in [3.8, 4) is 11.5 Å². The Bertz CT molecular complexity index is 1680. The molecule has 10 heteroatoms. The first kappa shape index (κ1) is 27.9. The van der Waals surface area contributed by atoms with Gasteiger partial charge in [0.15, 0.2) is 17.9 Å². The number of thiophene rings is 1. The number of carbonyl (C=O) groups is 2. The van der Waals surface area contributed by atoms with Gasteiger partial charge >= 0.3 is 0 Å². The maximum atomic E-state index is 15.2. The lowest BCUT2D eigenvalue weighted by Gasteiger charge is -2.33. The highest BCUT2D eigenvalue weighted by Crippen LogP contribution is 2.49. The second kappa shape index (κ2) is 11.2. The van der Waals surface area contributed by atoms with Gasteiger partial charge in [-0.2, -0.15) is 0 Å². The highest BCUT2D eigenvalue weighted by atomic mass is 32.1. The molecule has 0 bridgehead atoms. The summed E-state index contributed by atoms with van der Waals surface area (Å²) in [5, 5.41) is 9.82. The fourth-order valence-corrected chi connectivity index (χ4v) is 6.57. The smallest absolute Gasteiger partial charge is 0.260 e. The number of halogens is 1. The molecule has 2 fully saturated rings. The van der Waals surface area contributed by atoms with E-state index in [1.54, 1.807) is 48.6 Å². The molecule has 1 saturated carbocycles. The van der Waals surface area contributed by atoms with E-state index in [1.807, 2.05) is 42.4 Å². The number of anilines is 2. The molecule has 1 amide bonds. The summed E-state index contributed by atoms with van der Waals surface area (Å²) < 4.78 is 22.1. The Kier molecular flexibility index (Phi) is 7.42. The average molecular weight is 586 g/mol. The number of amides is 1. The number of benzene rings is 2. The largest absolute Gasteiger partial charge is 0.453 e. The van der Waals surface area contributed by atoms with E-state index in [2.05, 4.69) is 21.7 Å². The van der Waals surface area contributed by atoms with Gasteiger partial charge in [0.25, 0.3) is 5.91 Å². The number of nitrogens with zero attached hydrogens (tertiary/aromatic N) is 3. The van der Waals surface area contributed by atoms with Gasteiger partial charge in [0.2, 0.25) is 0 Å². The monoisotopic (exact) mass is 585 g/mol. The molecule has 2 aromatic heterocycles. The van der Waals surface area contributed by atoms with Crippen LogP contribution in [0.4, 0.5) is 15.8 Å². The molecule has 1 saturated heterocycles. The van der Waals surface area contributed by atoms with E-state index in [0.29, 0.717) is 29.2 Å². The van der Waals surface area contributed by atoms with Crippen molar-refractivity contribution < 1.29 is 18.7 Å². The van der Waals surface area contributed by atoms with E-state index < -0.39 is 11.7 Å². The predicted molar refractivity (Wildman–Crippen MR) is 163 cm³/mol. The fourth-order valence-electron chi connectivity index (χ4n) is 5.40. The molecule has 216 valence electrons. The quantitative estimate of drug-likeness (QED) is 0.0792. The van der Waals surface area contributed by atoms with Gasteiger partial charge in [0, 0.05) is 66.7 Å². The van der Waals surface area contributed by atoms with Crippen molar-refractivity contribution in [3.63, 3.8) is 0 Å². The molecule has 0 radical (unpaired) electrons. The summed E-state index contributed by atoms with van der Waals surface area (Å²) in [6, 6.07) is 17.6. The average Bonchev–Trinajstić information content (AvgIpc) is 3.40. The number of carbonyl (C=O) groups excluding carboxylic acids is 2. The number of hydrogen-bond acceptors (Lipinski definition) is 8. The van der Waals surface area contributed by atoms with E-state index >= 15 is 4.39 Å². The highest BCUT2D eigenvalue weighted by Gasteiger charge is 2.48. The van der Waals surface area contributed by atoms with Crippen molar-refractivity contribution >= 4 is 45.1 Å². The van der Waals surface area contributed by atoms with Crippen molar-refractivity contribution in [3.05, 3.63) is 88.8 Å². The minimum atomic E-state index is -0.639. The number of aldehydes is 1. The Labute approximate surface area is 247 Å². The van der Waals surface area contributed by atoms with Crippen molar-refractivity contribution in [1.29, 1.82) is 0 Å². The third-order valence-corrected chi connectivity index (χ3v) is 9.54. The summed E-state index contributed by atoms with van der Waals surface area (Å²) >= 11 is 1.64. The van der Waals surface area contributed by atoms with E-state index in [1.165, 1.54) is 29.9 Å². The number of aromatic nitrogens is 1. The van der Waals surface area contributed by atoms with Crippen LogP contribution in [0.15, 0.2) is 78.1 Å². The molecule has 2 aliphatic rings. The van der Waals surface area contributed by atoms with Crippen LogP contribution in [0.1, 0.15) is 37.0 Å². The Balaban J connectivity index is 1.16. The third kappa shape index (κ3) is 5.47. The third-order valence-electron chi connectivity index (χ3n) is 8.24. The summed E-state index contributed by atoms with van der Waals surface area (Å²) in [5.41, 5.74) is 2.63. The summed E-state index contributed by atoms with van der Waals surface area (Å²) in [6.07, 6.45) is 5.79. The molecule has 1 spiro atoms. The standard InChI is InChI=1S/C32H32FN5O3S/c1-20(37(2)38(3)23-7-5-4-6-8-23)24(19-39)31(40)36-22-9-10-27(25(33)15-22)41-28-11-14-34-26-16-29(42-30(26)28)21-17-32(12-13-32)35-18-21/h4-11,14-16,19,21,35H,12-13,17-18H2,1-3H3,(H,36,40). The maximum absolute atomic E-state index is 15.2. The first-order valence-corrected chi connectivity index (χ1v) is 14.7. The van der Waals surface area contributed by atoms with Crippen LogP contribution in [0, 0.1) is 5.82 Å². The van der Waals surface area contributed by atoms with Crippen LogP contribution in [-0.2, 0) is 9.59 Å². The van der Waals surface area contributed by atoms with Gasteiger partial charge in [-0.1, -0.05) is 18.2 Å². The predicted octanol–water partition coefficient (Wildman–Crippen LogP) is 6.23. The Morgan fingerprint density at radius 2 is 1.93 bits per heavy atom. The normalized spacial score (nSPS) is 17.6. The Morgan fingerprint density at radius 1 is 1.14 bits per heavy atom. The minimum Gasteiger partial charge on any atom is -0.453 e. The number of pyridine rings is 1. The van der Waals surface area contributed by atoms with Crippen molar-refractivity contribution in [2.24, 2.45) is 0 Å². The van der Waals surface area contributed by atoms with Crippen molar-refractivity contribution in [1.82, 2.24) is 15.3 Å². The molecular weight excluding hydrogens is 553 g/mol. The summed E-state index contributed by atoms with van der Waals surface area (Å²) in [7, 11) is 3.59. The van der Waals surface area contributed by atoms with Crippen LogP contribution in [0.5, 0.6) is 11.5 Å². The van der Waals surface area contributed by atoms with Gasteiger partial charge in [-0.15, -0.1) is 11.3 Å². The topological polar surface area (TPSA) is 86.8 Å². The van der Waals surface area contributed by atoms with Gasteiger partial charge in [-0.25, -0.2) is 4.39 Å². The number of hydrogen-bond donors (Lipinski definition) is 2. The lowest BCUT2D eigenvalue weighted by atomic mass is 10.0. The van der Waals surface area contributed by atoms with Gasteiger partial charge < -0.3 is 15.4 Å². The molecular formula is C32H32FN5O3S. The number of allylic oxidation sites excluding steroid dienone is 1. The van der Waals surface area contributed by atoms with Gasteiger partial charge in [0.1, 0.15) is 11.3 Å². The Hall–Kier alpha value is -4.28. The van der Waals surface area contributed by atoms with Gasteiger partial charge in [-0.3, -0.25) is 24.6 Å². The molecule has 2 aromatic carbocycles. The number of para-hydroxylation sites is 1. The van der Waals surface area contributed by atoms with Crippen LogP contribution >= 0.6 is 11.3 Å². The summed E-state index contributed by atoms with van der Waals surface area (Å²) in [5.74, 6) is -0.265. The zero-order valence-corrected chi connectivity index (χ0v) is 24.5. The molecule has 8 nitrogen and oxygen atoms in total. The molecule has 1 aliphatic carbocycles. The first-order valence-electron chi connectivity index (χ1n) is 13.9. The van der Waals surface area contributed by atoms with Gasteiger partial charge in [-0.05, 0) is 56.5 Å². The van der Waals surface area contributed by atoms with E-state index in [0.717, 1.165) is 28.9 Å². The molecule has 1 unspecified atom stereocenters. The molecule has 6 rings (SSSR count). The molecule has 1 atom stereocenters. The number of fused-ring (bicyclic) bond motifs is 1. The molecule has 1 aliphatic heterocycles. The number of rotatable bonds is 9. The molecule has 42 heavy (non-hydrogen) atoms. The lowest BCUT2D eigenvalue weighted by molar-refractivity contribution is -0.115.